The first kappa shape index (κ1) is 20.7. The number of nitrogens with zero attached hydrogens (tertiary/aromatic N) is 3. The second-order valence-electron chi connectivity index (χ2n) is 7.55. The zero-order valence-electron chi connectivity index (χ0n) is 16.2. The average Bonchev–Trinajstić information content (AvgIpc) is 3.35. The Hall–Kier alpha value is -2.52. The molecule has 30 heavy (non-hydrogen) atoms. The van der Waals surface area contributed by atoms with E-state index in [4.69, 9.17) is 9.57 Å². The van der Waals surface area contributed by atoms with E-state index in [-0.39, 0.29) is 37.9 Å². The molecule has 0 unspecified atom stereocenters. The van der Waals surface area contributed by atoms with Crippen molar-refractivity contribution in [2.75, 3.05) is 6.54 Å². The monoisotopic (exact) mass is 475 g/mol. The number of β-amino-alcohol motifs (C(OH)–C–C–N with tert-alkyl or cyclic N) is 1. The van der Waals surface area contributed by atoms with Gasteiger partial charge in [0.05, 0.1) is 24.2 Å². The summed E-state index contributed by atoms with van der Waals surface area (Å²) in [5.74, 6) is -0.109. The molecule has 2 aliphatic heterocycles. The summed E-state index contributed by atoms with van der Waals surface area (Å²) >= 11 is 3.27. The number of aliphatic hydroxyl groups excluding tert-OH is 1. The third-order valence-corrected chi connectivity index (χ3v) is 5.77. The number of aliphatic hydroxyl groups is 1. The first-order chi connectivity index (χ1) is 14.5. The molecule has 0 saturated carbocycles. The van der Waals surface area contributed by atoms with Gasteiger partial charge in [-0.05, 0) is 34.5 Å². The van der Waals surface area contributed by atoms with E-state index >= 15 is 0 Å². The van der Waals surface area contributed by atoms with Crippen molar-refractivity contribution in [3.05, 3.63) is 42.1 Å². The highest BCUT2D eigenvalue weighted by Crippen LogP contribution is 2.24. The van der Waals surface area contributed by atoms with E-state index < -0.39 is 18.2 Å². The molecule has 2 aliphatic rings. The van der Waals surface area contributed by atoms with Crippen molar-refractivity contribution in [2.24, 2.45) is 5.16 Å². The molecule has 9 heteroatoms. The van der Waals surface area contributed by atoms with Crippen LogP contribution >= 0.6 is 15.9 Å². The van der Waals surface area contributed by atoms with Crippen LogP contribution in [-0.4, -0.2) is 56.3 Å². The van der Waals surface area contributed by atoms with E-state index in [1.807, 2.05) is 30.3 Å². The maximum atomic E-state index is 12.7. The normalized spacial score (nSPS) is 23.3. The van der Waals surface area contributed by atoms with Crippen LogP contribution in [0.5, 0.6) is 0 Å². The third kappa shape index (κ3) is 4.79. The zero-order valence-corrected chi connectivity index (χ0v) is 17.8. The van der Waals surface area contributed by atoms with Crippen LogP contribution < -0.4 is 0 Å². The summed E-state index contributed by atoms with van der Waals surface area (Å²) in [6.45, 7) is 0.130. The largest absolute Gasteiger partial charge is 0.444 e. The minimum Gasteiger partial charge on any atom is -0.444 e. The van der Waals surface area contributed by atoms with Crippen molar-refractivity contribution in [1.29, 1.82) is 0 Å². The average molecular weight is 476 g/mol. The molecule has 1 aromatic heterocycles. The summed E-state index contributed by atoms with van der Waals surface area (Å²) in [4.78, 5) is 36.2. The number of aromatic nitrogens is 1. The summed E-state index contributed by atoms with van der Waals surface area (Å²) in [6, 6.07) is 8.91. The van der Waals surface area contributed by atoms with Crippen LogP contribution in [0.3, 0.4) is 0 Å². The van der Waals surface area contributed by atoms with E-state index in [1.54, 1.807) is 6.20 Å². The standard InChI is InChI=1S/C21H22BrN3O5/c22-20-9-16(30-24-20)5-6-19(27)18-8-15(26)11-25(18)21(28)29-12-13-7-14-3-1-2-4-17(14)23-10-13/h1-4,7,10,15-16,18,26H,5-6,8-9,11-12H2/t15-,16-,18+/m1/s1. The third-order valence-electron chi connectivity index (χ3n) is 5.30. The molecule has 3 heterocycles. The molecule has 0 aliphatic carbocycles. The Kier molecular flexibility index (Phi) is 6.29. The maximum absolute atomic E-state index is 12.7. The molecule has 158 valence electrons. The minimum absolute atomic E-state index is 0.0471. The first-order valence-electron chi connectivity index (χ1n) is 9.85. The van der Waals surface area contributed by atoms with Crippen molar-refractivity contribution < 1.29 is 24.3 Å². The highest BCUT2D eigenvalue weighted by molar-refractivity contribution is 9.18. The molecule has 1 amide bonds. The molecular formula is C21H22BrN3O5. The van der Waals surface area contributed by atoms with Gasteiger partial charge in [-0.15, -0.1) is 0 Å². The van der Waals surface area contributed by atoms with Gasteiger partial charge in [0.1, 0.15) is 17.3 Å². The summed E-state index contributed by atoms with van der Waals surface area (Å²) < 4.78 is 6.14. The molecule has 3 atom stereocenters. The number of halogens is 1. The Morgan fingerprint density at radius 1 is 1.33 bits per heavy atom. The van der Waals surface area contributed by atoms with Crippen LogP contribution in [0.4, 0.5) is 4.79 Å². The topological polar surface area (TPSA) is 101 Å². The number of rotatable bonds is 6. The number of benzene rings is 1. The fourth-order valence-corrected chi connectivity index (χ4v) is 4.21. The second kappa shape index (κ2) is 9.09. The van der Waals surface area contributed by atoms with Crippen molar-refractivity contribution in [1.82, 2.24) is 9.88 Å². The number of ketones is 1. The van der Waals surface area contributed by atoms with Crippen LogP contribution in [0.2, 0.25) is 0 Å². The molecule has 0 spiro atoms. The van der Waals surface area contributed by atoms with Gasteiger partial charge in [0.2, 0.25) is 0 Å². The molecule has 1 N–H and O–H groups in total. The lowest BCUT2D eigenvalue weighted by Gasteiger charge is -2.23. The van der Waals surface area contributed by atoms with Gasteiger partial charge in [0.15, 0.2) is 5.78 Å². The van der Waals surface area contributed by atoms with Gasteiger partial charge < -0.3 is 14.7 Å². The second-order valence-corrected chi connectivity index (χ2v) is 8.47. The van der Waals surface area contributed by atoms with Crippen molar-refractivity contribution in [3.63, 3.8) is 0 Å². The summed E-state index contributed by atoms with van der Waals surface area (Å²) in [5.41, 5.74) is 1.62. The van der Waals surface area contributed by atoms with E-state index in [0.717, 1.165) is 21.1 Å². The number of oxime groups is 1. The number of Topliss-reactive ketones (excluding diaryl/α,β-unsaturated/α-hetero) is 1. The number of para-hydroxylation sites is 1. The summed E-state index contributed by atoms with van der Waals surface area (Å²) in [5, 5.41) is 14.8. The molecule has 2 aromatic rings. The van der Waals surface area contributed by atoms with Gasteiger partial charge in [-0.3, -0.25) is 14.7 Å². The van der Waals surface area contributed by atoms with Gasteiger partial charge in [-0.1, -0.05) is 23.4 Å². The minimum atomic E-state index is -0.742. The predicted molar refractivity (Wildman–Crippen MR) is 113 cm³/mol. The molecule has 1 fully saturated rings. The van der Waals surface area contributed by atoms with Gasteiger partial charge >= 0.3 is 6.09 Å². The van der Waals surface area contributed by atoms with Crippen LogP contribution in [0.15, 0.2) is 41.7 Å². The Bertz CT molecular complexity index is 982. The number of carbonyl (C=O) groups is 2. The number of pyridine rings is 1. The van der Waals surface area contributed by atoms with Crippen LogP contribution in [0.1, 0.15) is 31.2 Å². The van der Waals surface area contributed by atoms with Crippen LogP contribution in [0.25, 0.3) is 10.9 Å². The van der Waals surface area contributed by atoms with Gasteiger partial charge in [0, 0.05) is 36.4 Å². The number of hydrogen-bond donors (Lipinski definition) is 1. The first-order valence-corrected chi connectivity index (χ1v) is 10.6. The Balaban J connectivity index is 1.33. The molecule has 1 aromatic carbocycles. The molecule has 0 bridgehead atoms. The molecule has 4 rings (SSSR count). The Morgan fingerprint density at radius 3 is 2.97 bits per heavy atom. The Morgan fingerprint density at radius 2 is 2.17 bits per heavy atom. The fourth-order valence-electron chi connectivity index (χ4n) is 3.76. The molecule has 1 saturated heterocycles. The van der Waals surface area contributed by atoms with Crippen molar-refractivity contribution in [3.8, 4) is 0 Å². The number of fused-ring (bicyclic) bond motifs is 1. The number of amides is 1. The maximum Gasteiger partial charge on any atom is 0.410 e. The Labute approximate surface area is 182 Å². The number of hydrogen-bond acceptors (Lipinski definition) is 7. The lowest BCUT2D eigenvalue weighted by Crippen LogP contribution is -2.41. The smallest absolute Gasteiger partial charge is 0.410 e. The molecule has 0 radical (unpaired) electrons. The summed E-state index contributed by atoms with van der Waals surface area (Å²) in [7, 11) is 0. The van der Waals surface area contributed by atoms with Gasteiger partial charge in [-0.2, -0.15) is 0 Å². The van der Waals surface area contributed by atoms with Crippen molar-refractivity contribution >= 4 is 43.3 Å². The van der Waals surface area contributed by atoms with E-state index in [1.165, 1.54) is 4.90 Å². The van der Waals surface area contributed by atoms with Gasteiger partial charge in [-0.25, -0.2) is 4.79 Å². The number of carbonyl (C=O) groups excluding carboxylic acids is 2. The zero-order chi connectivity index (χ0) is 21.1. The van der Waals surface area contributed by atoms with Crippen LogP contribution in [0, 0.1) is 0 Å². The van der Waals surface area contributed by atoms with E-state index in [0.29, 0.717) is 12.8 Å². The summed E-state index contributed by atoms with van der Waals surface area (Å²) in [6.07, 6.45) is 1.78. The highest BCUT2D eigenvalue weighted by atomic mass is 79.9. The van der Waals surface area contributed by atoms with E-state index in [2.05, 4.69) is 26.1 Å². The van der Waals surface area contributed by atoms with Crippen molar-refractivity contribution in [2.45, 2.75) is 50.5 Å². The van der Waals surface area contributed by atoms with Crippen LogP contribution in [-0.2, 0) is 21.0 Å². The highest BCUT2D eigenvalue weighted by Gasteiger charge is 2.39. The SMILES string of the molecule is O=C(CC[C@@H]1CC(Br)=NO1)[C@@H]1C[C@@H](O)CN1C(=O)OCc1cnc2ccccc2c1. The number of likely N-dealkylation sites (tertiary alicyclic amines) is 1. The predicted octanol–water partition coefficient (Wildman–Crippen LogP) is 3.15. The fraction of sp³-hybridized carbons (Fsp3) is 0.429. The molecule has 8 nitrogen and oxygen atoms in total. The molecular weight excluding hydrogens is 454 g/mol. The van der Waals surface area contributed by atoms with E-state index in [9.17, 15) is 14.7 Å². The van der Waals surface area contributed by atoms with Gasteiger partial charge in [0.25, 0.3) is 0 Å². The quantitative estimate of drug-likeness (QED) is 0.688. The lowest BCUT2D eigenvalue weighted by molar-refractivity contribution is -0.123. The number of ether oxygens (including phenoxy) is 1. The lowest BCUT2D eigenvalue weighted by atomic mass is 10.0.